The molecule has 8 heteroatoms. The van der Waals surface area contributed by atoms with Crippen LogP contribution in [0.4, 0.5) is 4.79 Å². The van der Waals surface area contributed by atoms with Crippen molar-refractivity contribution < 1.29 is 24.2 Å². The quantitative estimate of drug-likeness (QED) is 0.653. The van der Waals surface area contributed by atoms with Crippen LogP contribution in [0.1, 0.15) is 43.2 Å². The molecule has 7 nitrogen and oxygen atoms in total. The van der Waals surface area contributed by atoms with Gasteiger partial charge in [0.2, 0.25) is 5.91 Å². The number of hydrogen-bond acceptors (Lipinski definition) is 5. The van der Waals surface area contributed by atoms with E-state index in [1.165, 1.54) is 34.0 Å². The molecule has 0 bridgehead atoms. The highest BCUT2D eigenvalue weighted by molar-refractivity contribution is 8.00. The Kier molecular flexibility index (Phi) is 5.32. The number of carbonyl (C=O) groups excluding carboxylic acids is 2. The molecule has 2 N–H and O–H groups in total. The lowest BCUT2D eigenvalue weighted by Crippen LogP contribution is -2.48. The van der Waals surface area contributed by atoms with Gasteiger partial charge in [0, 0.05) is 17.7 Å². The average Bonchev–Trinajstić information content (AvgIpc) is 3.12. The molecule has 0 spiro atoms. The molecule has 3 fully saturated rings. The number of carboxylic acid groups (broad SMARTS) is 1. The highest BCUT2D eigenvalue weighted by atomic mass is 32.2. The van der Waals surface area contributed by atoms with Gasteiger partial charge >= 0.3 is 12.1 Å². The zero-order valence-corrected chi connectivity index (χ0v) is 20.3. The van der Waals surface area contributed by atoms with E-state index in [2.05, 4.69) is 29.6 Å². The Morgan fingerprint density at radius 2 is 1.74 bits per heavy atom. The average molecular weight is 493 g/mol. The third-order valence-electron chi connectivity index (χ3n) is 8.25. The van der Waals surface area contributed by atoms with E-state index in [1.807, 2.05) is 31.2 Å². The first-order valence-electron chi connectivity index (χ1n) is 12.2. The smallest absolute Gasteiger partial charge is 0.407 e. The number of benzene rings is 2. The first kappa shape index (κ1) is 22.5. The second kappa shape index (κ2) is 8.29. The van der Waals surface area contributed by atoms with Crippen LogP contribution in [-0.2, 0) is 14.3 Å². The Morgan fingerprint density at radius 1 is 1.09 bits per heavy atom. The van der Waals surface area contributed by atoms with Crippen molar-refractivity contribution in [3.05, 3.63) is 59.7 Å². The van der Waals surface area contributed by atoms with Crippen LogP contribution in [0.3, 0.4) is 0 Å². The van der Waals surface area contributed by atoms with Gasteiger partial charge in [0.25, 0.3) is 0 Å². The SMILES string of the molecule is CC1SCC(C(=O)O)N1C(=O)C12CC(NC(=O)OCC3c4ccccc4-c4ccccc43)CC1C2. The standard InChI is InChI=1S/C27H28N2O5S/c1-15-29(23(14-35-15)24(30)31)25(32)27-11-16(27)10-17(12-27)28-26(33)34-13-22-20-8-4-2-6-18(20)19-7-3-5-9-21(19)22/h2-9,15-17,22-23H,10-14H2,1H3,(H,28,33)(H,30,31). The lowest BCUT2D eigenvalue weighted by molar-refractivity contribution is -0.151. The maximum atomic E-state index is 13.4. The minimum absolute atomic E-state index is 0.000146. The van der Waals surface area contributed by atoms with Crippen molar-refractivity contribution in [1.29, 1.82) is 0 Å². The number of nitrogens with zero attached hydrogens (tertiary/aromatic N) is 1. The normalized spacial score (nSPS) is 30.4. The monoisotopic (exact) mass is 492 g/mol. The van der Waals surface area contributed by atoms with Crippen molar-refractivity contribution >= 4 is 29.7 Å². The van der Waals surface area contributed by atoms with E-state index in [-0.39, 0.29) is 35.8 Å². The van der Waals surface area contributed by atoms with Gasteiger partial charge in [-0.2, -0.15) is 0 Å². The van der Waals surface area contributed by atoms with Gasteiger partial charge in [-0.1, -0.05) is 48.5 Å². The molecule has 1 saturated heterocycles. The number of thioether (sulfide) groups is 1. The molecular formula is C27H28N2O5S. The number of carbonyl (C=O) groups is 3. The van der Waals surface area contributed by atoms with E-state index in [1.54, 1.807) is 4.90 Å². The Morgan fingerprint density at radius 3 is 2.40 bits per heavy atom. The highest BCUT2D eigenvalue weighted by Gasteiger charge is 2.67. The highest BCUT2D eigenvalue weighted by Crippen LogP contribution is 2.65. The predicted molar refractivity (Wildman–Crippen MR) is 132 cm³/mol. The number of carboxylic acids is 1. The van der Waals surface area contributed by atoms with Gasteiger partial charge in [0.15, 0.2) is 0 Å². The molecule has 3 aliphatic carbocycles. The fourth-order valence-corrected chi connectivity index (χ4v) is 7.64. The molecule has 1 heterocycles. The van der Waals surface area contributed by atoms with Crippen LogP contribution in [0.2, 0.25) is 0 Å². The first-order chi connectivity index (χ1) is 16.9. The second-order valence-electron chi connectivity index (χ2n) is 10.2. The topological polar surface area (TPSA) is 95.9 Å². The van der Waals surface area contributed by atoms with E-state index in [4.69, 9.17) is 4.74 Å². The number of nitrogens with one attached hydrogen (secondary N) is 1. The van der Waals surface area contributed by atoms with Crippen LogP contribution < -0.4 is 5.32 Å². The van der Waals surface area contributed by atoms with Gasteiger partial charge < -0.3 is 20.1 Å². The Bertz CT molecular complexity index is 1170. The van der Waals surface area contributed by atoms with Crippen molar-refractivity contribution in [2.75, 3.05) is 12.4 Å². The molecule has 5 atom stereocenters. The molecule has 2 saturated carbocycles. The summed E-state index contributed by atoms with van der Waals surface area (Å²) < 4.78 is 5.68. The van der Waals surface area contributed by atoms with E-state index < -0.39 is 23.5 Å². The van der Waals surface area contributed by atoms with Gasteiger partial charge in [-0.3, -0.25) is 4.79 Å². The zero-order valence-electron chi connectivity index (χ0n) is 19.5. The number of aliphatic carboxylic acids is 1. The van der Waals surface area contributed by atoms with Crippen molar-refractivity contribution in [2.24, 2.45) is 11.3 Å². The number of hydrogen-bond donors (Lipinski definition) is 2. The largest absolute Gasteiger partial charge is 0.480 e. The fraction of sp³-hybridized carbons (Fsp3) is 0.444. The van der Waals surface area contributed by atoms with Crippen LogP contribution in [0.15, 0.2) is 48.5 Å². The molecule has 5 unspecified atom stereocenters. The lowest BCUT2D eigenvalue weighted by atomic mass is 9.98. The number of rotatable bonds is 5. The van der Waals surface area contributed by atoms with Gasteiger partial charge in [-0.15, -0.1) is 11.8 Å². The van der Waals surface area contributed by atoms with E-state index in [9.17, 15) is 19.5 Å². The first-order valence-corrected chi connectivity index (χ1v) is 13.2. The molecule has 2 aromatic rings. The van der Waals surface area contributed by atoms with Crippen LogP contribution >= 0.6 is 11.8 Å². The Hall–Kier alpha value is -3.00. The summed E-state index contributed by atoms with van der Waals surface area (Å²) >= 11 is 1.50. The van der Waals surface area contributed by atoms with E-state index in [0.29, 0.717) is 12.2 Å². The summed E-state index contributed by atoms with van der Waals surface area (Å²) in [6.07, 6.45) is 1.58. The van der Waals surface area contributed by atoms with Crippen LogP contribution in [0.5, 0.6) is 0 Å². The Labute approximate surface area is 208 Å². The molecule has 0 radical (unpaired) electrons. The van der Waals surface area contributed by atoms with Crippen molar-refractivity contribution in [3.8, 4) is 11.1 Å². The lowest BCUT2D eigenvalue weighted by Gasteiger charge is -2.29. The van der Waals surface area contributed by atoms with Crippen molar-refractivity contribution in [1.82, 2.24) is 10.2 Å². The zero-order chi connectivity index (χ0) is 24.3. The number of alkyl carbamates (subject to hydrolysis) is 1. The maximum Gasteiger partial charge on any atom is 0.407 e. The fourth-order valence-electron chi connectivity index (χ4n) is 6.47. The summed E-state index contributed by atoms with van der Waals surface area (Å²) in [4.78, 5) is 39.3. The van der Waals surface area contributed by atoms with Crippen molar-refractivity contribution in [2.45, 2.75) is 49.6 Å². The molecule has 182 valence electrons. The van der Waals surface area contributed by atoms with Gasteiger partial charge in [-0.05, 0) is 54.4 Å². The number of ether oxygens (including phenoxy) is 1. The van der Waals surface area contributed by atoms with Gasteiger partial charge in [-0.25, -0.2) is 9.59 Å². The van der Waals surface area contributed by atoms with Crippen LogP contribution in [0.25, 0.3) is 11.1 Å². The third kappa shape index (κ3) is 3.61. The summed E-state index contributed by atoms with van der Waals surface area (Å²) in [6, 6.07) is 15.5. The van der Waals surface area contributed by atoms with Crippen LogP contribution in [0, 0.1) is 11.3 Å². The van der Waals surface area contributed by atoms with E-state index in [0.717, 1.165) is 12.8 Å². The molecule has 0 aromatic heterocycles. The van der Waals surface area contributed by atoms with Crippen molar-refractivity contribution in [3.63, 3.8) is 0 Å². The molecule has 35 heavy (non-hydrogen) atoms. The molecular weight excluding hydrogens is 464 g/mol. The molecule has 2 aromatic carbocycles. The summed E-state index contributed by atoms with van der Waals surface area (Å²) in [5.74, 6) is -0.398. The summed E-state index contributed by atoms with van der Waals surface area (Å²) in [5, 5.41) is 12.4. The molecule has 1 aliphatic heterocycles. The predicted octanol–water partition coefficient (Wildman–Crippen LogP) is 4.07. The van der Waals surface area contributed by atoms with Gasteiger partial charge in [0.1, 0.15) is 12.6 Å². The third-order valence-corrected chi connectivity index (χ3v) is 9.46. The summed E-state index contributed by atoms with van der Waals surface area (Å²) in [7, 11) is 0. The number of fused-ring (bicyclic) bond motifs is 4. The number of amides is 2. The second-order valence-corrected chi connectivity index (χ2v) is 11.5. The molecule has 6 rings (SSSR count). The Balaban J connectivity index is 1.08. The maximum absolute atomic E-state index is 13.4. The van der Waals surface area contributed by atoms with Crippen LogP contribution in [-0.4, -0.2) is 57.8 Å². The van der Waals surface area contributed by atoms with Gasteiger partial charge in [0.05, 0.1) is 10.8 Å². The van der Waals surface area contributed by atoms with E-state index >= 15 is 0 Å². The molecule has 4 aliphatic rings. The molecule has 2 amide bonds. The summed E-state index contributed by atoms with van der Waals surface area (Å²) in [6.45, 7) is 2.14. The summed E-state index contributed by atoms with van der Waals surface area (Å²) in [5.41, 5.74) is 4.16. The minimum Gasteiger partial charge on any atom is -0.480 e. The minimum atomic E-state index is -0.949.